The topological polar surface area (TPSA) is 55.6 Å². The van der Waals surface area contributed by atoms with Crippen LogP contribution in [0.3, 0.4) is 0 Å². The molecule has 6 heteroatoms. The van der Waals surface area contributed by atoms with Crippen molar-refractivity contribution in [2.45, 2.75) is 18.9 Å². The fourth-order valence-corrected chi connectivity index (χ4v) is 4.96. The third-order valence-electron chi connectivity index (χ3n) is 6.32. The monoisotopic (exact) mass is 532 g/mol. The summed E-state index contributed by atoms with van der Waals surface area (Å²) < 4.78 is 5.94. The molecule has 0 heterocycles. The number of hydrogen-bond donors (Lipinski definition) is 1. The molecule has 4 rings (SSSR count). The van der Waals surface area contributed by atoms with Crippen molar-refractivity contribution >= 4 is 29.1 Å². The molecule has 0 aliphatic heterocycles. The highest BCUT2D eigenvalue weighted by atomic mass is 35.5. The minimum atomic E-state index is -0.501. The molecule has 0 bridgehead atoms. The number of carbonyl (C=O) groups excluding carboxylic acids is 1. The first-order valence-electron chi connectivity index (χ1n) is 12.3. The van der Waals surface area contributed by atoms with Crippen molar-refractivity contribution in [2.75, 3.05) is 19.7 Å². The van der Waals surface area contributed by atoms with Crippen LogP contribution in [0.5, 0.6) is 5.75 Å². The van der Waals surface area contributed by atoms with Gasteiger partial charge in [-0.3, -0.25) is 9.69 Å². The van der Waals surface area contributed by atoms with Crippen LogP contribution in [0.25, 0.3) is 0 Å². The summed E-state index contributed by atoms with van der Waals surface area (Å²) in [5, 5.41) is 1.31. The molecule has 0 aromatic heterocycles. The molecule has 4 nitrogen and oxygen atoms in total. The Morgan fingerprint density at radius 2 is 1.35 bits per heavy atom. The van der Waals surface area contributed by atoms with Gasteiger partial charge in [0.2, 0.25) is 0 Å². The van der Waals surface area contributed by atoms with Gasteiger partial charge >= 0.3 is 0 Å². The fourth-order valence-electron chi connectivity index (χ4n) is 4.44. The Kier molecular flexibility index (Phi) is 9.61. The highest BCUT2D eigenvalue weighted by Crippen LogP contribution is 2.30. The SMILES string of the molecule is NC(=O)c1ccccc1OCCCN(Cc1c(Cl)cccc1Cl)CC(c1ccccc1)c1ccccc1. The Hall–Kier alpha value is -3.31. The molecular weight excluding hydrogens is 503 g/mol. The molecule has 0 spiro atoms. The second kappa shape index (κ2) is 13.3. The fraction of sp³-hybridized carbons (Fsp3) is 0.194. The third-order valence-corrected chi connectivity index (χ3v) is 7.03. The molecule has 0 unspecified atom stereocenters. The van der Waals surface area contributed by atoms with Crippen LogP contribution < -0.4 is 10.5 Å². The van der Waals surface area contributed by atoms with E-state index in [1.54, 1.807) is 18.2 Å². The molecule has 0 saturated heterocycles. The quantitative estimate of drug-likeness (QED) is 0.196. The average molecular weight is 533 g/mol. The summed E-state index contributed by atoms with van der Waals surface area (Å²) in [4.78, 5) is 14.1. The molecular formula is C31H30Cl2N2O2. The maximum Gasteiger partial charge on any atom is 0.252 e. The van der Waals surface area contributed by atoms with Gasteiger partial charge in [0.15, 0.2) is 0 Å². The number of primary amides is 1. The maximum absolute atomic E-state index is 11.7. The molecule has 0 saturated carbocycles. The van der Waals surface area contributed by atoms with Crippen LogP contribution in [-0.2, 0) is 6.54 Å². The maximum atomic E-state index is 11.7. The molecule has 4 aromatic carbocycles. The average Bonchev–Trinajstić information content (AvgIpc) is 2.92. The minimum Gasteiger partial charge on any atom is -0.493 e. The van der Waals surface area contributed by atoms with Crippen LogP contribution in [-0.4, -0.2) is 30.5 Å². The zero-order valence-electron chi connectivity index (χ0n) is 20.5. The van der Waals surface area contributed by atoms with Crippen molar-refractivity contribution in [2.24, 2.45) is 5.73 Å². The number of rotatable bonds is 12. The summed E-state index contributed by atoms with van der Waals surface area (Å²) in [6.07, 6.45) is 0.742. The summed E-state index contributed by atoms with van der Waals surface area (Å²) in [6.45, 7) is 2.56. The van der Waals surface area contributed by atoms with Crippen LogP contribution in [0.2, 0.25) is 10.0 Å². The molecule has 0 aliphatic rings. The van der Waals surface area contributed by atoms with Gasteiger partial charge in [-0.25, -0.2) is 0 Å². The second-order valence-electron chi connectivity index (χ2n) is 8.87. The number of nitrogens with zero attached hydrogens (tertiary/aromatic N) is 1. The zero-order valence-corrected chi connectivity index (χ0v) is 22.0. The van der Waals surface area contributed by atoms with Gasteiger partial charge in [0, 0.05) is 41.2 Å². The van der Waals surface area contributed by atoms with E-state index in [1.165, 1.54) is 11.1 Å². The van der Waals surface area contributed by atoms with Gasteiger partial charge in [0.05, 0.1) is 12.2 Å². The van der Waals surface area contributed by atoms with E-state index in [1.807, 2.05) is 36.4 Å². The van der Waals surface area contributed by atoms with Crippen LogP contribution in [0.1, 0.15) is 39.4 Å². The zero-order chi connectivity index (χ0) is 26.0. The molecule has 37 heavy (non-hydrogen) atoms. The van der Waals surface area contributed by atoms with Gasteiger partial charge in [-0.2, -0.15) is 0 Å². The molecule has 190 valence electrons. The van der Waals surface area contributed by atoms with Crippen molar-refractivity contribution in [3.8, 4) is 5.75 Å². The Morgan fingerprint density at radius 1 is 0.784 bits per heavy atom. The minimum absolute atomic E-state index is 0.167. The van der Waals surface area contributed by atoms with Crippen molar-refractivity contribution in [3.05, 3.63) is 135 Å². The lowest BCUT2D eigenvalue weighted by Crippen LogP contribution is -2.31. The smallest absolute Gasteiger partial charge is 0.252 e. The summed E-state index contributed by atoms with van der Waals surface area (Å²) in [5.41, 5.74) is 9.28. The molecule has 0 aliphatic carbocycles. The number of halogens is 2. The highest BCUT2D eigenvalue weighted by molar-refractivity contribution is 6.35. The molecule has 4 aromatic rings. The molecule has 1 amide bonds. The van der Waals surface area contributed by atoms with E-state index in [0.29, 0.717) is 34.5 Å². The van der Waals surface area contributed by atoms with Gasteiger partial charge in [-0.05, 0) is 41.8 Å². The van der Waals surface area contributed by atoms with E-state index in [-0.39, 0.29) is 5.92 Å². The van der Waals surface area contributed by atoms with E-state index in [2.05, 4.69) is 53.4 Å². The van der Waals surface area contributed by atoms with Gasteiger partial charge in [0.25, 0.3) is 5.91 Å². The highest BCUT2D eigenvalue weighted by Gasteiger charge is 2.20. The summed E-state index contributed by atoms with van der Waals surface area (Å²) in [6, 6.07) is 33.7. The number of nitrogens with two attached hydrogens (primary N) is 1. The molecule has 0 atom stereocenters. The van der Waals surface area contributed by atoms with Crippen molar-refractivity contribution in [1.82, 2.24) is 4.90 Å². The van der Waals surface area contributed by atoms with Crippen molar-refractivity contribution < 1.29 is 9.53 Å². The van der Waals surface area contributed by atoms with Crippen LogP contribution in [0.4, 0.5) is 0 Å². The van der Waals surface area contributed by atoms with Crippen molar-refractivity contribution in [1.29, 1.82) is 0 Å². The Bertz CT molecular complexity index is 1240. The lowest BCUT2D eigenvalue weighted by Gasteiger charge is -2.29. The van der Waals surface area contributed by atoms with E-state index < -0.39 is 5.91 Å². The lowest BCUT2D eigenvalue weighted by molar-refractivity contribution is 0.0996. The number of amides is 1. The first-order valence-corrected chi connectivity index (χ1v) is 13.1. The predicted octanol–water partition coefficient (Wildman–Crippen LogP) is 7.20. The number of benzene rings is 4. The number of ether oxygens (including phenoxy) is 1. The van der Waals surface area contributed by atoms with E-state index >= 15 is 0 Å². The number of hydrogen-bond acceptors (Lipinski definition) is 3. The Labute approximate surface area is 228 Å². The van der Waals surface area contributed by atoms with Crippen LogP contribution in [0.15, 0.2) is 103 Å². The van der Waals surface area contributed by atoms with Gasteiger partial charge in [-0.1, -0.05) is 102 Å². The van der Waals surface area contributed by atoms with E-state index in [0.717, 1.165) is 25.1 Å². The molecule has 0 radical (unpaired) electrons. The Morgan fingerprint density at radius 3 is 1.95 bits per heavy atom. The summed E-state index contributed by atoms with van der Waals surface area (Å²) in [5.74, 6) is 0.168. The lowest BCUT2D eigenvalue weighted by atomic mass is 9.90. The van der Waals surface area contributed by atoms with Crippen LogP contribution >= 0.6 is 23.2 Å². The van der Waals surface area contributed by atoms with E-state index in [4.69, 9.17) is 33.7 Å². The standard InChI is InChI=1S/C31H30Cl2N2O2/c32-28-16-9-17-29(33)27(28)22-35(19-10-20-37-30-18-8-7-15-25(30)31(34)36)21-26(23-11-3-1-4-12-23)24-13-5-2-6-14-24/h1-9,11-18,26H,10,19-22H2,(H2,34,36). The second-order valence-corrected chi connectivity index (χ2v) is 9.69. The predicted molar refractivity (Wildman–Crippen MR) is 152 cm³/mol. The normalized spacial score (nSPS) is 11.1. The largest absolute Gasteiger partial charge is 0.493 e. The first-order chi connectivity index (χ1) is 18.0. The first kappa shape index (κ1) is 26.7. The Balaban J connectivity index is 1.54. The number of carbonyl (C=O) groups is 1. The number of para-hydroxylation sites is 1. The van der Waals surface area contributed by atoms with Gasteiger partial charge in [0.1, 0.15) is 5.75 Å². The molecule has 0 fully saturated rings. The summed E-state index contributed by atoms with van der Waals surface area (Å²) in [7, 11) is 0. The van der Waals surface area contributed by atoms with E-state index in [9.17, 15) is 4.79 Å². The van der Waals surface area contributed by atoms with Gasteiger partial charge in [-0.15, -0.1) is 0 Å². The summed E-state index contributed by atoms with van der Waals surface area (Å²) >= 11 is 13.1. The third kappa shape index (κ3) is 7.36. The molecule has 2 N–H and O–H groups in total. The van der Waals surface area contributed by atoms with Crippen LogP contribution in [0, 0.1) is 0 Å². The van der Waals surface area contributed by atoms with Crippen molar-refractivity contribution in [3.63, 3.8) is 0 Å². The van der Waals surface area contributed by atoms with Gasteiger partial charge < -0.3 is 10.5 Å².